The van der Waals surface area contributed by atoms with Crippen molar-refractivity contribution in [2.45, 2.75) is 13.8 Å². The Morgan fingerprint density at radius 3 is 2.37 bits per heavy atom. The van der Waals surface area contributed by atoms with Crippen molar-refractivity contribution in [2.75, 3.05) is 18.6 Å². The SMILES string of the molecule is CCS(=O)(CC)=Nc1c(Cl)ccc(C(=O)OC)c1Cl. The molecular formula is C12H15Cl2NO3S. The van der Waals surface area contributed by atoms with E-state index in [1.54, 1.807) is 13.8 Å². The van der Waals surface area contributed by atoms with Crippen LogP contribution in [0, 0.1) is 0 Å². The molecule has 0 saturated carbocycles. The van der Waals surface area contributed by atoms with E-state index in [2.05, 4.69) is 9.10 Å². The molecule has 1 rings (SSSR count). The fraction of sp³-hybridized carbons (Fsp3) is 0.417. The average molecular weight is 324 g/mol. The van der Waals surface area contributed by atoms with Gasteiger partial charge in [-0.2, -0.15) is 4.36 Å². The number of carbonyl (C=O) groups excluding carboxylic acids is 1. The van der Waals surface area contributed by atoms with Crippen LogP contribution in [-0.4, -0.2) is 28.8 Å². The maximum Gasteiger partial charge on any atom is 0.339 e. The molecular weight excluding hydrogens is 309 g/mol. The Morgan fingerprint density at radius 2 is 1.89 bits per heavy atom. The van der Waals surface area contributed by atoms with Gasteiger partial charge in [-0.1, -0.05) is 37.0 Å². The number of methoxy groups -OCH3 is 1. The van der Waals surface area contributed by atoms with Crippen molar-refractivity contribution < 1.29 is 13.7 Å². The molecule has 106 valence electrons. The summed E-state index contributed by atoms with van der Waals surface area (Å²) in [5, 5.41) is 0.321. The Morgan fingerprint density at radius 1 is 1.32 bits per heavy atom. The largest absolute Gasteiger partial charge is 0.465 e. The Balaban J connectivity index is 3.53. The predicted molar refractivity (Wildman–Crippen MR) is 79.1 cm³/mol. The van der Waals surface area contributed by atoms with E-state index in [-0.39, 0.29) is 21.3 Å². The molecule has 0 aromatic heterocycles. The first-order chi connectivity index (χ1) is 8.88. The van der Waals surface area contributed by atoms with Crippen LogP contribution in [0.15, 0.2) is 16.5 Å². The van der Waals surface area contributed by atoms with Gasteiger partial charge in [0.15, 0.2) is 0 Å². The zero-order valence-corrected chi connectivity index (χ0v) is 13.2. The second-order valence-corrected chi connectivity index (χ2v) is 7.36. The Hall–Kier alpha value is -0.780. The van der Waals surface area contributed by atoms with E-state index in [0.717, 1.165) is 0 Å². The summed E-state index contributed by atoms with van der Waals surface area (Å²) in [6.45, 7) is 3.56. The van der Waals surface area contributed by atoms with Gasteiger partial charge < -0.3 is 4.74 Å². The quantitative estimate of drug-likeness (QED) is 0.789. The molecule has 0 saturated heterocycles. The van der Waals surface area contributed by atoms with Gasteiger partial charge in [0, 0.05) is 11.5 Å². The maximum absolute atomic E-state index is 12.3. The number of hydrogen-bond donors (Lipinski definition) is 0. The van der Waals surface area contributed by atoms with Gasteiger partial charge in [0.25, 0.3) is 0 Å². The van der Waals surface area contributed by atoms with Crippen molar-refractivity contribution in [1.29, 1.82) is 0 Å². The topological polar surface area (TPSA) is 55.7 Å². The normalized spacial score (nSPS) is 11.2. The molecule has 0 aliphatic rings. The summed E-state index contributed by atoms with van der Waals surface area (Å²) >= 11 is 12.1. The molecule has 1 aromatic rings. The van der Waals surface area contributed by atoms with Gasteiger partial charge in [-0.05, 0) is 12.1 Å². The van der Waals surface area contributed by atoms with E-state index in [1.165, 1.54) is 19.2 Å². The smallest absolute Gasteiger partial charge is 0.339 e. The van der Waals surface area contributed by atoms with E-state index in [0.29, 0.717) is 11.5 Å². The lowest BCUT2D eigenvalue weighted by Gasteiger charge is -2.09. The first-order valence-electron chi connectivity index (χ1n) is 5.67. The van der Waals surface area contributed by atoms with Crippen molar-refractivity contribution >= 4 is 44.6 Å². The van der Waals surface area contributed by atoms with Crippen molar-refractivity contribution in [3.63, 3.8) is 0 Å². The first kappa shape index (κ1) is 16.3. The van der Waals surface area contributed by atoms with Crippen LogP contribution >= 0.6 is 23.2 Å². The molecule has 1 aromatic carbocycles. The standard InChI is InChI=1S/C12H15Cl2NO3S/c1-4-19(17,5-2)15-11-9(13)7-6-8(10(11)14)12(16)18-3/h6-7H,4-5H2,1-3H3. The molecule has 0 amide bonds. The molecule has 0 radical (unpaired) electrons. The van der Waals surface area contributed by atoms with E-state index < -0.39 is 15.7 Å². The number of hydrogen-bond acceptors (Lipinski definition) is 4. The third kappa shape index (κ3) is 3.61. The van der Waals surface area contributed by atoms with Crippen LogP contribution in [-0.2, 0) is 14.5 Å². The minimum atomic E-state index is -2.41. The maximum atomic E-state index is 12.3. The predicted octanol–water partition coefficient (Wildman–Crippen LogP) is 3.92. The monoisotopic (exact) mass is 323 g/mol. The number of benzene rings is 1. The molecule has 0 fully saturated rings. The van der Waals surface area contributed by atoms with Gasteiger partial charge in [0.1, 0.15) is 5.69 Å². The van der Waals surface area contributed by atoms with Gasteiger partial charge in [0.05, 0.1) is 32.4 Å². The minimum Gasteiger partial charge on any atom is -0.465 e. The van der Waals surface area contributed by atoms with Gasteiger partial charge in [-0.15, -0.1) is 0 Å². The summed E-state index contributed by atoms with van der Waals surface area (Å²) in [5.41, 5.74) is 0.334. The number of carbonyl (C=O) groups is 1. The highest BCUT2D eigenvalue weighted by Gasteiger charge is 2.18. The molecule has 0 atom stereocenters. The Kier molecular flexibility index (Phi) is 5.64. The van der Waals surface area contributed by atoms with Gasteiger partial charge in [-0.3, -0.25) is 0 Å². The highest BCUT2D eigenvalue weighted by molar-refractivity contribution is 7.93. The fourth-order valence-electron chi connectivity index (χ4n) is 1.39. The summed E-state index contributed by atoms with van der Waals surface area (Å²) in [5.74, 6) is 0.189. The summed E-state index contributed by atoms with van der Waals surface area (Å²) in [4.78, 5) is 11.5. The van der Waals surface area contributed by atoms with Crippen LogP contribution in [0.3, 0.4) is 0 Å². The lowest BCUT2D eigenvalue weighted by atomic mass is 10.2. The minimum absolute atomic E-state index is 0.0639. The molecule has 0 heterocycles. The number of rotatable bonds is 4. The number of nitrogens with zero attached hydrogens (tertiary/aromatic N) is 1. The van der Waals surface area contributed by atoms with Crippen LogP contribution in [0.5, 0.6) is 0 Å². The van der Waals surface area contributed by atoms with Crippen molar-refractivity contribution in [2.24, 2.45) is 4.36 Å². The summed E-state index contributed by atoms with van der Waals surface area (Å²) < 4.78 is 21.1. The second kappa shape index (κ2) is 6.59. The van der Waals surface area contributed by atoms with Crippen LogP contribution in [0.2, 0.25) is 10.0 Å². The molecule has 0 spiro atoms. The van der Waals surface area contributed by atoms with Crippen molar-refractivity contribution in [3.05, 3.63) is 27.7 Å². The average Bonchev–Trinajstić information content (AvgIpc) is 2.42. The molecule has 0 aliphatic heterocycles. The molecule has 0 unspecified atom stereocenters. The third-order valence-electron chi connectivity index (χ3n) is 2.63. The second-order valence-electron chi connectivity index (χ2n) is 3.69. The number of halogens is 2. The molecule has 0 aliphatic carbocycles. The van der Waals surface area contributed by atoms with Gasteiger partial charge in [-0.25, -0.2) is 9.00 Å². The number of ether oxygens (including phenoxy) is 1. The lowest BCUT2D eigenvalue weighted by molar-refractivity contribution is 0.0601. The van der Waals surface area contributed by atoms with E-state index in [9.17, 15) is 9.00 Å². The highest BCUT2D eigenvalue weighted by atomic mass is 35.5. The van der Waals surface area contributed by atoms with Crippen LogP contribution in [0.25, 0.3) is 0 Å². The molecule has 4 nitrogen and oxygen atoms in total. The van der Waals surface area contributed by atoms with Crippen LogP contribution in [0.1, 0.15) is 24.2 Å². The fourth-order valence-corrected chi connectivity index (χ4v) is 3.21. The molecule has 7 heteroatoms. The Labute approximate surface area is 123 Å². The van der Waals surface area contributed by atoms with Crippen molar-refractivity contribution in [1.82, 2.24) is 0 Å². The van der Waals surface area contributed by atoms with Crippen molar-refractivity contribution in [3.8, 4) is 0 Å². The first-order valence-corrected chi connectivity index (χ1v) is 8.28. The summed E-state index contributed by atoms with van der Waals surface area (Å²) in [6.07, 6.45) is 0. The summed E-state index contributed by atoms with van der Waals surface area (Å²) in [7, 11) is -1.15. The third-order valence-corrected chi connectivity index (χ3v) is 5.64. The zero-order valence-electron chi connectivity index (χ0n) is 10.9. The van der Waals surface area contributed by atoms with E-state index in [4.69, 9.17) is 23.2 Å². The molecule has 19 heavy (non-hydrogen) atoms. The Bertz CT molecular complexity index is 597. The van der Waals surface area contributed by atoms with E-state index >= 15 is 0 Å². The molecule has 0 bridgehead atoms. The van der Waals surface area contributed by atoms with Crippen LogP contribution < -0.4 is 0 Å². The number of esters is 1. The summed E-state index contributed by atoms with van der Waals surface area (Å²) in [6, 6.07) is 2.94. The van der Waals surface area contributed by atoms with Gasteiger partial charge in [0.2, 0.25) is 0 Å². The van der Waals surface area contributed by atoms with Crippen LogP contribution in [0.4, 0.5) is 5.69 Å². The van der Waals surface area contributed by atoms with Gasteiger partial charge >= 0.3 is 5.97 Å². The van der Waals surface area contributed by atoms with E-state index in [1.807, 2.05) is 0 Å². The zero-order chi connectivity index (χ0) is 14.6. The molecule has 0 N–H and O–H groups in total. The lowest BCUT2D eigenvalue weighted by Crippen LogP contribution is -2.06. The highest BCUT2D eigenvalue weighted by Crippen LogP contribution is 2.37.